The van der Waals surface area contributed by atoms with Gasteiger partial charge in [-0.15, -0.1) is 12.4 Å². The molecule has 1 fully saturated rings. The number of carbonyl (C=O) groups is 1. The van der Waals surface area contributed by atoms with Crippen molar-refractivity contribution in [3.05, 3.63) is 29.8 Å². The maximum atomic E-state index is 12.9. The fourth-order valence-corrected chi connectivity index (χ4v) is 3.57. The second-order valence-corrected chi connectivity index (χ2v) is 6.41. The number of hydrogen-bond donors (Lipinski definition) is 1. The Kier molecular flexibility index (Phi) is 6.72. The van der Waals surface area contributed by atoms with Gasteiger partial charge in [-0.25, -0.2) is 0 Å². The molecular weight excluding hydrogens is 310 g/mol. The van der Waals surface area contributed by atoms with Crippen LogP contribution < -0.4 is 10.2 Å². The Labute approximate surface area is 145 Å². The van der Waals surface area contributed by atoms with Gasteiger partial charge in [0.2, 0.25) is 5.91 Å². The average Bonchev–Trinajstić information content (AvgIpc) is 2.94. The summed E-state index contributed by atoms with van der Waals surface area (Å²) in [5.74, 6) is 0.290. The van der Waals surface area contributed by atoms with Gasteiger partial charge >= 0.3 is 0 Å². The number of nitrogens with one attached hydrogen (secondary N) is 1. The van der Waals surface area contributed by atoms with Crippen LogP contribution in [0.1, 0.15) is 38.2 Å². The Morgan fingerprint density at radius 2 is 1.78 bits per heavy atom. The molecule has 0 bridgehead atoms. The molecule has 5 heteroatoms. The topological polar surface area (TPSA) is 35.6 Å². The third kappa shape index (κ3) is 4.18. The SMILES string of the molecule is CC(C(=O)N1CCCCCC1)N1CCNCc2ccccc21.Cl. The van der Waals surface area contributed by atoms with Crippen molar-refractivity contribution in [1.29, 1.82) is 0 Å². The molecule has 1 unspecified atom stereocenters. The van der Waals surface area contributed by atoms with Crippen molar-refractivity contribution in [1.82, 2.24) is 10.2 Å². The number of halogens is 1. The minimum Gasteiger partial charge on any atom is -0.358 e. The molecule has 128 valence electrons. The largest absolute Gasteiger partial charge is 0.358 e. The first-order chi connectivity index (χ1) is 10.8. The van der Waals surface area contributed by atoms with Crippen LogP contribution in [0.4, 0.5) is 5.69 Å². The number of hydrogen-bond acceptors (Lipinski definition) is 3. The van der Waals surface area contributed by atoms with E-state index in [0.717, 1.165) is 45.6 Å². The lowest BCUT2D eigenvalue weighted by molar-refractivity contribution is -0.132. The van der Waals surface area contributed by atoms with Crippen molar-refractivity contribution in [3.63, 3.8) is 0 Å². The summed E-state index contributed by atoms with van der Waals surface area (Å²) in [6, 6.07) is 8.36. The van der Waals surface area contributed by atoms with Gasteiger partial charge < -0.3 is 15.1 Å². The van der Waals surface area contributed by atoms with Gasteiger partial charge in [-0.3, -0.25) is 4.79 Å². The number of likely N-dealkylation sites (tertiary alicyclic amines) is 1. The van der Waals surface area contributed by atoms with Crippen LogP contribution in [0.15, 0.2) is 24.3 Å². The lowest BCUT2D eigenvalue weighted by atomic mass is 10.1. The molecular formula is C18H28ClN3O. The molecule has 4 nitrogen and oxygen atoms in total. The standard InChI is InChI=1S/C18H27N3O.ClH/c1-15(18(22)20-11-6-2-3-7-12-20)21-13-10-19-14-16-8-4-5-9-17(16)21;/h4-5,8-9,15,19H,2-3,6-7,10-14H2,1H3;1H. The number of amides is 1. The van der Waals surface area contributed by atoms with Crippen molar-refractivity contribution in [2.45, 2.75) is 45.2 Å². The van der Waals surface area contributed by atoms with E-state index in [4.69, 9.17) is 0 Å². The van der Waals surface area contributed by atoms with Gasteiger partial charge in [-0.1, -0.05) is 31.0 Å². The number of para-hydroxylation sites is 1. The number of carbonyl (C=O) groups excluding carboxylic acids is 1. The first kappa shape index (κ1) is 18.1. The van der Waals surface area contributed by atoms with Crippen LogP contribution in [0.3, 0.4) is 0 Å². The van der Waals surface area contributed by atoms with Crippen LogP contribution in [0.2, 0.25) is 0 Å². The summed E-state index contributed by atoms with van der Waals surface area (Å²) < 4.78 is 0. The predicted octanol–water partition coefficient (Wildman–Crippen LogP) is 2.81. The molecule has 0 radical (unpaired) electrons. The van der Waals surface area contributed by atoms with E-state index in [9.17, 15) is 4.79 Å². The van der Waals surface area contributed by atoms with E-state index in [2.05, 4.69) is 46.3 Å². The Morgan fingerprint density at radius 3 is 2.52 bits per heavy atom. The molecule has 2 aliphatic heterocycles. The molecule has 2 heterocycles. The Bertz CT molecular complexity index is 515. The van der Waals surface area contributed by atoms with Crippen LogP contribution in [-0.2, 0) is 11.3 Å². The van der Waals surface area contributed by atoms with Crippen molar-refractivity contribution < 1.29 is 4.79 Å². The molecule has 1 N–H and O–H groups in total. The summed E-state index contributed by atoms with van der Waals surface area (Å²) in [7, 11) is 0. The Balaban J connectivity index is 0.00000192. The molecule has 1 saturated heterocycles. The molecule has 1 aromatic carbocycles. The van der Waals surface area contributed by atoms with E-state index in [0.29, 0.717) is 5.91 Å². The highest BCUT2D eigenvalue weighted by Gasteiger charge is 2.28. The predicted molar refractivity (Wildman–Crippen MR) is 97.3 cm³/mol. The summed E-state index contributed by atoms with van der Waals surface area (Å²) in [5, 5.41) is 3.45. The molecule has 23 heavy (non-hydrogen) atoms. The molecule has 1 amide bonds. The molecule has 0 aliphatic carbocycles. The summed E-state index contributed by atoms with van der Waals surface area (Å²) in [6.45, 7) is 6.62. The van der Waals surface area contributed by atoms with Crippen LogP contribution in [0.5, 0.6) is 0 Å². The van der Waals surface area contributed by atoms with Gasteiger partial charge in [-0.05, 0) is 31.4 Å². The van der Waals surface area contributed by atoms with Gasteiger partial charge in [-0.2, -0.15) is 0 Å². The molecule has 1 atom stereocenters. The van der Waals surface area contributed by atoms with Crippen molar-refractivity contribution in [3.8, 4) is 0 Å². The van der Waals surface area contributed by atoms with E-state index in [1.807, 2.05) is 0 Å². The van der Waals surface area contributed by atoms with Crippen LogP contribution in [0.25, 0.3) is 0 Å². The van der Waals surface area contributed by atoms with Crippen molar-refractivity contribution in [2.24, 2.45) is 0 Å². The van der Waals surface area contributed by atoms with Gasteiger partial charge in [0.25, 0.3) is 0 Å². The number of rotatable bonds is 2. The van der Waals surface area contributed by atoms with Gasteiger partial charge in [0, 0.05) is 38.4 Å². The number of fused-ring (bicyclic) bond motifs is 1. The zero-order chi connectivity index (χ0) is 15.4. The van der Waals surface area contributed by atoms with Crippen molar-refractivity contribution in [2.75, 3.05) is 31.1 Å². The summed E-state index contributed by atoms with van der Waals surface area (Å²) in [6.07, 6.45) is 4.82. The third-order valence-corrected chi connectivity index (χ3v) is 4.89. The fourth-order valence-electron chi connectivity index (χ4n) is 3.57. The molecule has 0 saturated carbocycles. The first-order valence-corrected chi connectivity index (χ1v) is 8.61. The number of benzene rings is 1. The second-order valence-electron chi connectivity index (χ2n) is 6.41. The maximum absolute atomic E-state index is 12.9. The molecule has 0 aromatic heterocycles. The third-order valence-electron chi connectivity index (χ3n) is 4.89. The van der Waals surface area contributed by atoms with Crippen LogP contribution in [0, 0.1) is 0 Å². The summed E-state index contributed by atoms with van der Waals surface area (Å²) in [5.41, 5.74) is 2.50. The van der Waals surface area contributed by atoms with Gasteiger partial charge in [0.05, 0.1) is 0 Å². The lowest BCUT2D eigenvalue weighted by Gasteiger charge is -2.34. The highest BCUT2D eigenvalue weighted by molar-refractivity contribution is 5.85. The molecule has 2 aliphatic rings. The van der Waals surface area contributed by atoms with E-state index in [-0.39, 0.29) is 18.4 Å². The smallest absolute Gasteiger partial charge is 0.244 e. The first-order valence-electron chi connectivity index (χ1n) is 8.61. The van der Waals surface area contributed by atoms with E-state index >= 15 is 0 Å². The van der Waals surface area contributed by atoms with Gasteiger partial charge in [0.1, 0.15) is 6.04 Å². The minimum atomic E-state index is -0.0841. The van der Waals surface area contributed by atoms with E-state index in [1.54, 1.807) is 0 Å². The maximum Gasteiger partial charge on any atom is 0.244 e. The zero-order valence-electron chi connectivity index (χ0n) is 14.0. The second kappa shape index (κ2) is 8.55. The lowest BCUT2D eigenvalue weighted by Crippen LogP contribution is -2.48. The van der Waals surface area contributed by atoms with Gasteiger partial charge in [0.15, 0.2) is 0 Å². The number of nitrogens with zero attached hydrogens (tertiary/aromatic N) is 2. The van der Waals surface area contributed by atoms with E-state index < -0.39 is 0 Å². The average molecular weight is 338 g/mol. The highest BCUT2D eigenvalue weighted by atomic mass is 35.5. The Morgan fingerprint density at radius 1 is 1.09 bits per heavy atom. The summed E-state index contributed by atoms with van der Waals surface area (Å²) >= 11 is 0. The highest BCUT2D eigenvalue weighted by Crippen LogP contribution is 2.25. The zero-order valence-corrected chi connectivity index (χ0v) is 14.8. The monoisotopic (exact) mass is 337 g/mol. The van der Waals surface area contributed by atoms with Crippen molar-refractivity contribution >= 4 is 24.0 Å². The Hall–Kier alpha value is -1.26. The molecule has 1 aromatic rings. The fraction of sp³-hybridized carbons (Fsp3) is 0.611. The normalized spacial score (nSPS) is 19.9. The molecule has 3 rings (SSSR count). The van der Waals surface area contributed by atoms with Crippen LogP contribution in [-0.4, -0.2) is 43.0 Å². The van der Waals surface area contributed by atoms with Crippen LogP contribution >= 0.6 is 12.4 Å². The quantitative estimate of drug-likeness (QED) is 0.901. The van der Waals surface area contributed by atoms with E-state index in [1.165, 1.54) is 24.1 Å². The number of anilines is 1. The molecule has 0 spiro atoms. The minimum absolute atomic E-state index is 0. The summed E-state index contributed by atoms with van der Waals surface area (Å²) in [4.78, 5) is 17.3.